The zero-order valence-corrected chi connectivity index (χ0v) is 12.0. The Balaban J connectivity index is 1.82. The van der Waals surface area contributed by atoms with Crippen molar-refractivity contribution in [2.45, 2.75) is 25.4 Å². The molecule has 22 heavy (non-hydrogen) atoms. The van der Waals surface area contributed by atoms with Crippen molar-refractivity contribution in [1.82, 2.24) is 20.1 Å². The van der Waals surface area contributed by atoms with Crippen LogP contribution in [-0.4, -0.2) is 39.8 Å². The second-order valence-corrected chi connectivity index (χ2v) is 5.44. The zero-order valence-electron chi connectivity index (χ0n) is 12.0. The van der Waals surface area contributed by atoms with Crippen molar-refractivity contribution in [1.29, 1.82) is 0 Å². The molecule has 0 aromatic carbocycles. The molecule has 0 saturated heterocycles. The van der Waals surface area contributed by atoms with Gasteiger partial charge in [-0.05, 0) is 24.5 Å². The highest BCUT2D eigenvalue weighted by atomic mass is 16.5. The molecular weight excluding hydrogens is 284 g/mol. The van der Waals surface area contributed by atoms with Crippen LogP contribution in [0.15, 0.2) is 18.5 Å². The van der Waals surface area contributed by atoms with Crippen LogP contribution in [0.4, 0.5) is 0 Å². The van der Waals surface area contributed by atoms with Crippen molar-refractivity contribution in [2.75, 3.05) is 7.11 Å². The molecule has 0 spiro atoms. The average molecular weight is 298 g/mol. The van der Waals surface area contributed by atoms with Crippen LogP contribution < -0.4 is 5.32 Å². The molecule has 7 nitrogen and oxygen atoms in total. The van der Waals surface area contributed by atoms with E-state index in [1.165, 1.54) is 7.11 Å². The summed E-state index contributed by atoms with van der Waals surface area (Å²) in [5.41, 5.74) is 4.47. The maximum absolute atomic E-state index is 12.4. The lowest BCUT2D eigenvalue weighted by Crippen LogP contribution is -2.49. The van der Waals surface area contributed by atoms with Crippen LogP contribution in [0.2, 0.25) is 0 Å². The molecule has 1 N–H and O–H groups in total. The lowest BCUT2D eigenvalue weighted by atomic mass is 9.90. The third kappa shape index (κ3) is 1.75. The summed E-state index contributed by atoms with van der Waals surface area (Å²) in [7, 11) is 1.31. The summed E-state index contributed by atoms with van der Waals surface area (Å²) in [6.45, 7) is 0.293. The highest BCUT2D eigenvalue weighted by Crippen LogP contribution is 2.34. The summed E-state index contributed by atoms with van der Waals surface area (Å²) >= 11 is 0. The number of nitrogens with zero attached hydrogens (tertiary/aromatic N) is 3. The Bertz CT molecular complexity index is 796. The van der Waals surface area contributed by atoms with Crippen molar-refractivity contribution in [3.05, 3.63) is 35.3 Å². The van der Waals surface area contributed by atoms with Gasteiger partial charge in [0, 0.05) is 23.5 Å². The van der Waals surface area contributed by atoms with Gasteiger partial charge in [-0.1, -0.05) is 0 Å². The number of rotatable bonds is 1. The van der Waals surface area contributed by atoms with Crippen LogP contribution in [0, 0.1) is 0 Å². The van der Waals surface area contributed by atoms with E-state index in [0.29, 0.717) is 12.2 Å². The molecule has 4 rings (SSSR count). The number of carbonyl (C=O) groups is 2. The van der Waals surface area contributed by atoms with E-state index in [9.17, 15) is 9.59 Å². The van der Waals surface area contributed by atoms with Crippen LogP contribution >= 0.6 is 0 Å². The molecule has 2 aromatic heterocycles. The van der Waals surface area contributed by atoms with Crippen LogP contribution in [-0.2, 0) is 28.9 Å². The third-order valence-corrected chi connectivity index (χ3v) is 4.22. The Kier molecular flexibility index (Phi) is 2.75. The van der Waals surface area contributed by atoms with E-state index in [-0.39, 0.29) is 5.91 Å². The minimum absolute atomic E-state index is 0.270. The van der Waals surface area contributed by atoms with Crippen LogP contribution in [0.3, 0.4) is 0 Å². The van der Waals surface area contributed by atoms with Gasteiger partial charge in [0.15, 0.2) is 0 Å². The summed E-state index contributed by atoms with van der Waals surface area (Å²) in [6, 6.07) is 1.23. The minimum Gasteiger partial charge on any atom is -0.467 e. The normalized spacial score (nSPS) is 18.8. The Labute approximate surface area is 126 Å². The van der Waals surface area contributed by atoms with Gasteiger partial charge in [0.1, 0.15) is 11.7 Å². The Morgan fingerprint density at radius 1 is 1.45 bits per heavy atom. The van der Waals surface area contributed by atoms with Gasteiger partial charge in [0.25, 0.3) is 5.91 Å². The molecule has 1 atom stereocenters. The highest BCUT2D eigenvalue weighted by Gasteiger charge is 2.35. The quantitative estimate of drug-likeness (QED) is 0.767. The van der Waals surface area contributed by atoms with Crippen molar-refractivity contribution in [3.8, 4) is 11.3 Å². The average Bonchev–Trinajstić information content (AvgIpc) is 2.93. The van der Waals surface area contributed by atoms with Gasteiger partial charge in [-0.3, -0.25) is 14.5 Å². The highest BCUT2D eigenvalue weighted by molar-refractivity contribution is 5.99. The number of esters is 1. The molecule has 0 fully saturated rings. The number of ether oxygens (including phenoxy) is 1. The molecule has 2 aromatic rings. The summed E-state index contributed by atoms with van der Waals surface area (Å²) in [6.07, 6.45) is 5.15. The van der Waals surface area contributed by atoms with E-state index in [4.69, 9.17) is 4.74 Å². The number of fused-ring (bicyclic) bond motifs is 5. The summed E-state index contributed by atoms with van der Waals surface area (Å²) in [5.74, 6) is -0.732. The monoisotopic (exact) mass is 298 g/mol. The van der Waals surface area contributed by atoms with E-state index in [1.807, 2.05) is 12.3 Å². The fourth-order valence-electron chi connectivity index (χ4n) is 3.18. The van der Waals surface area contributed by atoms with Gasteiger partial charge in [0.2, 0.25) is 0 Å². The fraction of sp³-hybridized carbons (Fsp3) is 0.333. The number of hydrogen-bond donors (Lipinski definition) is 1. The Morgan fingerprint density at radius 3 is 3.14 bits per heavy atom. The number of carbonyl (C=O) groups excluding carboxylic acids is 2. The van der Waals surface area contributed by atoms with Crippen LogP contribution in [0.5, 0.6) is 0 Å². The number of pyridine rings is 1. The van der Waals surface area contributed by atoms with Crippen LogP contribution in [0.25, 0.3) is 11.3 Å². The van der Waals surface area contributed by atoms with Gasteiger partial charge >= 0.3 is 5.97 Å². The first-order chi connectivity index (χ1) is 10.7. The fourth-order valence-corrected chi connectivity index (χ4v) is 3.18. The predicted octanol–water partition coefficient (Wildman–Crippen LogP) is 0.329. The summed E-state index contributed by atoms with van der Waals surface area (Å²) in [5, 5.41) is 7.27. The Morgan fingerprint density at radius 2 is 2.32 bits per heavy atom. The molecule has 0 radical (unpaired) electrons. The molecule has 1 amide bonds. The molecule has 7 heteroatoms. The van der Waals surface area contributed by atoms with E-state index >= 15 is 0 Å². The number of amides is 1. The van der Waals surface area contributed by atoms with Crippen molar-refractivity contribution >= 4 is 11.9 Å². The second-order valence-electron chi connectivity index (χ2n) is 5.44. The van der Waals surface area contributed by atoms with Gasteiger partial charge in [-0.15, -0.1) is 0 Å². The molecule has 1 aliphatic heterocycles. The van der Waals surface area contributed by atoms with Gasteiger partial charge in [-0.2, -0.15) is 5.10 Å². The van der Waals surface area contributed by atoms with E-state index < -0.39 is 12.0 Å². The van der Waals surface area contributed by atoms with E-state index in [2.05, 4.69) is 15.4 Å². The molecule has 3 heterocycles. The molecule has 1 aliphatic carbocycles. The molecule has 1 unspecified atom stereocenters. The summed E-state index contributed by atoms with van der Waals surface area (Å²) in [4.78, 5) is 28.2. The first-order valence-electron chi connectivity index (χ1n) is 7.10. The molecular formula is C15H14N4O3. The lowest BCUT2D eigenvalue weighted by molar-refractivity contribution is -0.143. The maximum Gasteiger partial charge on any atom is 0.330 e. The van der Waals surface area contributed by atoms with Crippen molar-refractivity contribution in [2.24, 2.45) is 0 Å². The molecule has 2 aliphatic rings. The molecule has 112 valence electrons. The van der Waals surface area contributed by atoms with E-state index in [1.54, 1.807) is 10.9 Å². The second kappa shape index (κ2) is 4.66. The topological polar surface area (TPSA) is 86.1 Å². The summed E-state index contributed by atoms with van der Waals surface area (Å²) < 4.78 is 6.33. The number of hydrogen-bond acceptors (Lipinski definition) is 5. The number of aryl methyl sites for hydroxylation is 1. The van der Waals surface area contributed by atoms with E-state index in [0.717, 1.165) is 35.2 Å². The minimum atomic E-state index is -0.691. The standard InChI is InChI=1S/C15H14N4O3/c1-22-15(21)11-7-19-13(14(20)17-11)10-3-2-8-6-16-5-4-9(8)12(10)18-19/h4-6,11H,2-3,7H2,1H3,(H,17,20). The SMILES string of the molecule is COC(=O)C1Cn2nc3c(c2C(=O)N1)CCc1cnccc1-3. The first kappa shape index (κ1) is 13.0. The largest absolute Gasteiger partial charge is 0.467 e. The lowest BCUT2D eigenvalue weighted by Gasteiger charge is -2.23. The predicted molar refractivity (Wildman–Crippen MR) is 76.1 cm³/mol. The van der Waals surface area contributed by atoms with Crippen molar-refractivity contribution in [3.63, 3.8) is 0 Å². The number of nitrogens with one attached hydrogen (secondary N) is 1. The van der Waals surface area contributed by atoms with Crippen LogP contribution in [0.1, 0.15) is 21.6 Å². The van der Waals surface area contributed by atoms with Gasteiger partial charge in [-0.25, -0.2) is 4.79 Å². The Hall–Kier alpha value is -2.70. The molecule has 0 saturated carbocycles. The zero-order chi connectivity index (χ0) is 15.3. The molecule has 0 bridgehead atoms. The third-order valence-electron chi connectivity index (χ3n) is 4.22. The smallest absolute Gasteiger partial charge is 0.330 e. The first-order valence-corrected chi connectivity index (χ1v) is 7.10. The number of aromatic nitrogens is 3. The van der Waals surface area contributed by atoms with Gasteiger partial charge in [0.05, 0.1) is 19.3 Å². The maximum atomic E-state index is 12.4. The number of methoxy groups -OCH3 is 1. The van der Waals surface area contributed by atoms with Crippen molar-refractivity contribution < 1.29 is 14.3 Å². The van der Waals surface area contributed by atoms with Gasteiger partial charge < -0.3 is 10.1 Å².